The molecule has 1 aliphatic heterocycles. The van der Waals surface area contributed by atoms with Gasteiger partial charge in [0, 0.05) is 18.3 Å². The van der Waals surface area contributed by atoms with Gasteiger partial charge in [0.05, 0.1) is 13.2 Å². The van der Waals surface area contributed by atoms with E-state index in [-0.39, 0.29) is 11.4 Å². The quantitative estimate of drug-likeness (QED) is 0.378. The van der Waals surface area contributed by atoms with Crippen molar-refractivity contribution in [2.45, 2.75) is 26.2 Å². The smallest absolute Gasteiger partial charge is 0.305 e. The van der Waals surface area contributed by atoms with Crippen LogP contribution in [0.15, 0.2) is 0 Å². The third-order valence-electron chi connectivity index (χ3n) is 2.18. The third-order valence-corrected chi connectivity index (χ3v) is 2.18. The number of hydrogen-bond donors (Lipinski definition) is 0. The van der Waals surface area contributed by atoms with Crippen molar-refractivity contribution in [3.8, 4) is 12.3 Å². The van der Waals surface area contributed by atoms with E-state index in [0.717, 1.165) is 0 Å². The van der Waals surface area contributed by atoms with Gasteiger partial charge >= 0.3 is 5.97 Å². The summed E-state index contributed by atoms with van der Waals surface area (Å²) >= 11 is 0. The first-order valence-electron chi connectivity index (χ1n) is 4.83. The van der Waals surface area contributed by atoms with Gasteiger partial charge in [-0.15, -0.1) is 12.3 Å². The van der Waals surface area contributed by atoms with Crippen molar-refractivity contribution in [2.75, 3.05) is 19.8 Å². The Balaban J connectivity index is 2.06. The van der Waals surface area contributed by atoms with Crippen LogP contribution in [0.25, 0.3) is 0 Å². The molecular formula is C11H16O3. The van der Waals surface area contributed by atoms with Crippen LogP contribution in [0.4, 0.5) is 0 Å². The third kappa shape index (κ3) is 3.39. The van der Waals surface area contributed by atoms with Crippen LogP contribution >= 0.6 is 0 Å². The van der Waals surface area contributed by atoms with Gasteiger partial charge in [-0.3, -0.25) is 4.79 Å². The van der Waals surface area contributed by atoms with E-state index < -0.39 is 0 Å². The number of carbonyl (C=O) groups excluding carboxylic acids is 1. The highest BCUT2D eigenvalue weighted by Crippen LogP contribution is 2.26. The van der Waals surface area contributed by atoms with Crippen molar-refractivity contribution in [3.63, 3.8) is 0 Å². The van der Waals surface area contributed by atoms with E-state index in [2.05, 4.69) is 5.92 Å². The second-order valence-corrected chi connectivity index (χ2v) is 4.02. The van der Waals surface area contributed by atoms with Crippen molar-refractivity contribution >= 4 is 5.97 Å². The van der Waals surface area contributed by atoms with Crippen molar-refractivity contribution in [1.29, 1.82) is 0 Å². The van der Waals surface area contributed by atoms with Gasteiger partial charge in [0.1, 0.15) is 6.61 Å². The van der Waals surface area contributed by atoms with E-state index in [0.29, 0.717) is 39.1 Å². The zero-order chi connectivity index (χ0) is 10.4. The lowest BCUT2D eigenvalue weighted by atomic mass is 9.90. The minimum Gasteiger partial charge on any atom is -0.465 e. The number of hydrogen-bond acceptors (Lipinski definition) is 3. The zero-order valence-electron chi connectivity index (χ0n) is 8.54. The molecule has 1 fully saturated rings. The molecular weight excluding hydrogens is 180 g/mol. The summed E-state index contributed by atoms with van der Waals surface area (Å²) in [6, 6.07) is 0. The molecule has 0 atom stereocenters. The molecule has 0 aromatic rings. The Morgan fingerprint density at radius 2 is 2.36 bits per heavy atom. The lowest BCUT2D eigenvalue weighted by Crippen LogP contribution is -2.44. The lowest BCUT2D eigenvalue weighted by molar-refractivity contribution is -0.165. The SMILES string of the molecule is C#CCCCC(=O)OCC1(C)COC1. The Hall–Kier alpha value is -1.01. The number of rotatable bonds is 5. The van der Waals surface area contributed by atoms with E-state index in [1.807, 2.05) is 6.92 Å². The van der Waals surface area contributed by atoms with Crippen LogP contribution in [0.1, 0.15) is 26.2 Å². The number of unbranched alkanes of at least 4 members (excludes halogenated alkanes) is 1. The molecule has 0 unspecified atom stereocenters. The Kier molecular flexibility index (Phi) is 3.97. The minimum absolute atomic E-state index is 0.0434. The van der Waals surface area contributed by atoms with E-state index in [4.69, 9.17) is 15.9 Å². The predicted octanol–water partition coefficient (Wildman–Crippen LogP) is 1.37. The summed E-state index contributed by atoms with van der Waals surface area (Å²) in [5.41, 5.74) is 0.0434. The van der Waals surface area contributed by atoms with Gasteiger partial charge in [0.2, 0.25) is 0 Å². The fourth-order valence-electron chi connectivity index (χ4n) is 1.20. The highest BCUT2D eigenvalue weighted by molar-refractivity contribution is 5.69. The lowest BCUT2D eigenvalue weighted by Gasteiger charge is -2.37. The van der Waals surface area contributed by atoms with Crippen LogP contribution in [0.3, 0.4) is 0 Å². The summed E-state index contributed by atoms with van der Waals surface area (Å²) < 4.78 is 10.2. The first-order valence-corrected chi connectivity index (χ1v) is 4.83. The van der Waals surface area contributed by atoms with E-state index in [9.17, 15) is 4.79 Å². The number of terminal acetylenes is 1. The summed E-state index contributed by atoms with van der Waals surface area (Å²) in [5, 5.41) is 0. The van der Waals surface area contributed by atoms with E-state index >= 15 is 0 Å². The van der Waals surface area contributed by atoms with E-state index in [1.54, 1.807) is 0 Å². The second-order valence-electron chi connectivity index (χ2n) is 4.02. The van der Waals surface area contributed by atoms with Crippen LogP contribution < -0.4 is 0 Å². The van der Waals surface area contributed by atoms with Gasteiger partial charge in [0.15, 0.2) is 0 Å². The summed E-state index contributed by atoms with van der Waals surface area (Å²) in [6.07, 6.45) is 6.83. The molecule has 1 saturated heterocycles. The van der Waals surface area contributed by atoms with E-state index in [1.165, 1.54) is 0 Å². The maximum absolute atomic E-state index is 11.2. The number of carbonyl (C=O) groups is 1. The van der Waals surface area contributed by atoms with Crippen molar-refractivity contribution in [1.82, 2.24) is 0 Å². The zero-order valence-corrected chi connectivity index (χ0v) is 8.54. The molecule has 1 heterocycles. The first-order chi connectivity index (χ1) is 6.66. The van der Waals surface area contributed by atoms with Crippen LogP contribution in [-0.4, -0.2) is 25.8 Å². The highest BCUT2D eigenvalue weighted by atomic mass is 16.5. The van der Waals surface area contributed by atoms with Gasteiger partial charge in [-0.05, 0) is 6.42 Å². The fourth-order valence-corrected chi connectivity index (χ4v) is 1.20. The Morgan fingerprint density at radius 1 is 1.64 bits per heavy atom. The number of esters is 1. The molecule has 78 valence electrons. The van der Waals surface area contributed by atoms with Gasteiger partial charge in [-0.2, -0.15) is 0 Å². The topological polar surface area (TPSA) is 35.5 Å². The number of ether oxygens (including phenoxy) is 2. The van der Waals surface area contributed by atoms with Crippen LogP contribution in [0, 0.1) is 17.8 Å². The minimum atomic E-state index is -0.159. The molecule has 0 N–H and O–H groups in total. The molecule has 0 amide bonds. The molecule has 3 nitrogen and oxygen atoms in total. The molecule has 0 aromatic carbocycles. The van der Waals surface area contributed by atoms with Gasteiger partial charge in [-0.1, -0.05) is 6.92 Å². The normalized spacial score (nSPS) is 18.0. The molecule has 0 saturated carbocycles. The molecule has 3 heteroatoms. The summed E-state index contributed by atoms with van der Waals surface area (Å²) in [7, 11) is 0. The Bertz CT molecular complexity index is 235. The van der Waals surface area contributed by atoms with Crippen LogP contribution in [0.5, 0.6) is 0 Å². The van der Waals surface area contributed by atoms with Crippen LogP contribution in [-0.2, 0) is 14.3 Å². The summed E-state index contributed by atoms with van der Waals surface area (Å²) in [6.45, 7) is 3.88. The maximum atomic E-state index is 11.2. The standard InChI is InChI=1S/C11H16O3/c1-3-4-5-6-10(12)14-9-11(2)7-13-8-11/h1H,4-9H2,2H3. The average Bonchev–Trinajstić information content (AvgIpc) is 2.12. The van der Waals surface area contributed by atoms with Gasteiger partial charge in [0.25, 0.3) is 0 Å². The van der Waals surface area contributed by atoms with Crippen molar-refractivity contribution in [2.24, 2.45) is 5.41 Å². The van der Waals surface area contributed by atoms with Crippen LogP contribution in [0.2, 0.25) is 0 Å². The molecule has 1 aliphatic rings. The molecule has 0 bridgehead atoms. The summed E-state index contributed by atoms with van der Waals surface area (Å²) in [4.78, 5) is 11.2. The molecule has 1 rings (SSSR count). The molecule has 0 aliphatic carbocycles. The molecule has 0 spiro atoms. The molecule has 0 aromatic heterocycles. The first kappa shape index (κ1) is 11.1. The highest BCUT2D eigenvalue weighted by Gasteiger charge is 2.34. The largest absolute Gasteiger partial charge is 0.465 e. The van der Waals surface area contributed by atoms with Gasteiger partial charge < -0.3 is 9.47 Å². The predicted molar refractivity (Wildman–Crippen MR) is 52.6 cm³/mol. The maximum Gasteiger partial charge on any atom is 0.305 e. The Labute approximate surface area is 84.8 Å². The Morgan fingerprint density at radius 3 is 2.86 bits per heavy atom. The van der Waals surface area contributed by atoms with Gasteiger partial charge in [-0.25, -0.2) is 0 Å². The monoisotopic (exact) mass is 196 g/mol. The second kappa shape index (κ2) is 5.02. The molecule has 14 heavy (non-hydrogen) atoms. The fraction of sp³-hybridized carbons (Fsp3) is 0.727. The van der Waals surface area contributed by atoms with Crippen molar-refractivity contribution < 1.29 is 14.3 Å². The average molecular weight is 196 g/mol. The summed E-state index contributed by atoms with van der Waals surface area (Å²) in [5.74, 6) is 2.33. The molecule has 0 radical (unpaired) electrons. The van der Waals surface area contributed by atoms with Crippen molar-refractivity contribution in [3.05, 3.63) is 0 Å².